The molecular formula is C46H76N2O14. The fraction of sp³-hybridized carbons (Fsp3) is 0.826. The maximum Gasteiger partial charge on any atom is 0.373 e. The van der Waals surface area contributed by atoms with Crippen LogP contribution in [0.3, 0.4) is 0 Å². The van der Waals surface area contributed by atoms with Gasteiger partial charge in [0, 0.05) is 31.5 Å². The molecule has 1 aromatic rings. The Labute approximate surface area is 368 Å². The highest BCUT2D eigenvalue weighted by atomic mass is 17.2. The van der Waals surface area contributed by atoms with Crippen LogP contribution >= 0.6 is 0 Å². The number of hydrogen-bond donors (Lipinski definition) is 4. The Hall–Kier alpha value is -2.32. The van der Waals surface area contributed by atoms with Gasteiger partial charge in [-0.15, -0.1) is 0 Å². The lowest BCUT2D eigenvalue weighted by Gasteiger charge is -2.47. The van der Waals surface area contributed by atoms with E-state index in [1.807, 2.05) is 53.6 Å². The lowest BCUT2D eigenvalue weighted by molar-refractivity contribution is -0.374. The second-order valence-electron chi connectivity index (χ2n) is 19.3. The monoisotopic (exact) mass is 881 g/mol. The van der Waals surface area contributed by atoms with Crippen LogP contribution in [-0.4, -0.2) is 157 Å². The second-order valence-corrected chi connectivity index (χ2v) is 19.3. The van der Waals surface area contributed by atoms with E-state index in [0.29, 0.717) is 24.9 Å². The molecule has 62 heavy (non-hydrogen) atoms. The minimum absolute atomic E-state index is 0.0598. The van der Waals surface area contributed by atoms with E-state index in [1.54, 1.807) is 65.1 Å². The summed E-state index contributed by atoms with van der Waals surface area (Å²) in [4.78, 5) is 41.1. The Morgan fingerprint density at radius 3 is 2.23 bits per heavy atom. The van der Waals surface area contributed by atoms with Gasteiger partial charge in [-0.2, -0.15) is 4.89 Å². The molecule has 0 radical (unpaired) electrons. The highest BCUT2D eigenvalue weighted by Crippen LogP contribution is 2.42. The van der Waals surface area contributed by atoms with Crippen molar-refractivity contribution in [2.45, 2.75) is 192 Å². The number of hydrogen-bond acceptors (Lipinski definition) is 16. The number of cyclic esters (lactones) is 1. The van der Waals surface area contributed by atoms with Gasteiger partial charge in [0.15, 0.2) is 18.7 Å². The lowest BCUT2D eigenvalue weighted by Crippen LogP contribution is -2.60. The van der Waals surface area contributed by atoms with Gasteiger partial charge in [0.2, 0.25) is 0 Å². The summed E-state index contributed by atoms with van der Waals surface area (Å²) in [6.07, 6.45) is -7.39. The number of nitrogens with one attached hydrogen (secondary N) is 1. The third-order valence-electron chi connectivity index (χ3n) is 13.6. The van der Waals surface area contributed by atoms with Gasteiger partial charge in [0.05, 0.1) is 47.6 Å². The van der Waals surface area contributed by atoms with Crippen molar-refractivity contribution in [2.24, 2.45) is 23.7 Å². The zero-order chi connectivity index (χ0) is 45.8. The van der Waals surface area contributed by atoms with Crippen LogP contribution in [0.15, 0.2) is 30.3 Å². The average molecular weight is 881 g/mol. The zero-order valence-electron chi connectivity index (χ0n) is 39.1. The molecule has 0 saturated carbocycles. The Morgan fingerprint density at radius 2 is 1.60 bits per heavy atom. The van der Waals surface area contributed by atoms with Gasteiger partial charge in [-0.05, 0) is 105 Å². The molecule has 4 fully saturated rings. The van der Waals surface area contributed by atoms with Crippen molar-refractivity contribution in [2.75, 3.05) is 27.7 Å². The lowest BCUT2D eigenvalue weighted by atomic mass is 9.77. The summed E-state index contributed by atoms with van der Waals surface area (Å²) in [5.41, 5.74) is -3.14. The summed E-state index contributed by atoms with van der Waals surface area (Å²) in [5, 5.41) is 39.4. The molecule has 0 spiro atoms. The number of esters is 1. The Balaban J connectivity index is 1.57. The number of likely N-dealkylation sites (N-methyl/N-ethyl adjacent to an activating group) is 1. The van der Waals surface area contributed by atoms with Gasteiger partial charge in [-0.25, -0.2) is 4.79 Å². The molecule has 4 aliphatic heterocycles. The van der Waals surface area contributed by atoms with Crippen LogP contribution in [0.25, 0.3) is 0 Å². The molecule has 4 N–H and O–H groups in total. The van der Waals surface area contributed by atoms with Crippen molar-refractivity contribution in [3.63, 3.8) is 0 Å². The number of ether oxygens (including phenoxy) is 7. The van der Waals surface area contributed by atoms with Gasteiger partial charge >= 0.3 is 11.9 Å². The van der Waals surface area contributed by atoms with E-state index in [-0.39, 0.29) is 61.2 Å². The molecule has 4 heterocycles. The standard InChI is InChI=1S/C46H76N2O14/c1-14-33-46(10,53)40(49)29(7)47-23-24(2)22-45(9,52)41(60-44-38(32(48(11)12)21-26(4)55-44)61-62-43(51)31-18-16-15-17-19-31)27(5)36(28(6)42(50)57-33)58-34-20-25(3)35(54-13)39-37(59-39)30(8)56-34/h15-19,24-30,32-41,44,47,49,52-53H,14,20-23H2,1-13H3/t24-,25+,26-,27+,28-,29-,30+,32?,33?,34+,35-,36+,37?,38-,39?,40-,41-,44+,45?,46-/m1/s1. The van der Waals surface area contributed by atoms with Gasteiger partial charge in [0.1, 0.15) is 30.0 Å². The van der Waals surface area contributed by atoms with Gasteiger partial charge in [-0.1, -0.05) is 45.9 Å². The third-order valence-corrected chi connectivity index (χ3v) is 13.6. The van der Waals surface area contributed by atoms with E-state index in [2.05, 4.69) is 5.32 Å². The highest BCUT2D eigenvalue weighted by Gasteiger charge is 2.55. The van der Waals surface area contributed by atoms with Crippen LogP contribution in [0, 0.1) is 23.7 Å². The van der Waals surface area contributed by atoms with E-state index in [0.717, 1.165) is 0 Å². The Morgan fingerprint density at radius 1 is 0.919 bits per heavy atom. The molecular weight excluding hydrogens is 805 g/mol. The van der Waals surface area contributed by atoms with Gasteiger partial charge in [-0.3, -0.25) is 9.68 Å². The van der Waals surface area contributed by atoms with E-state index >= 15 is 0 Å². The molecule has 4 aliphatic rings. The van der Waals surface area contributed by atoms with Crippen molar-refractivity contribution in [1.29, 1.82) is 0 Å². The number of carbonyl (C=O) groups is 2. The smallest absolute Gasteiger partial charge is 0.373 e. The van der Waals surface area contributed by atoms with Crippen LogP contribution in [0.2, 0.25) is 0 Å². The maximum absolute atomic E-state index is 14.5. The zero-order valence-corrected chi connectivity index (χ0v) is 39.1. The minimum atomic E-state index is -1.82. The summed E-state index contributed by atoms with van der Waals surface area (Å²) in [6, 6.07) is 7.53. The largest absolute Gasteiger partial charge is 0.459 e. The SMILES string of the molecule is CCC1OC(=O)[C@H](C)[C@@H](O[C@H]2C[C@H](C)[C@@H](OC)C3OC3[C@H](C)O2)[C@H](C)[C@@H](O[C@@H]2O[C@H](C)CC(N(C)C)[C@H]2OOC(=O)c2ccccc2)C(C)(O)C[C@@H](C)CN[C@H](C)[C@@H](O)[C@]1(C)O. The van der Waals surface area contributed by atoms with Crippen LogP contribution in [0.1, 0.15) is 105 Å². The number of carbonyl (C=O) groups excluding carboxylic acids is 2. The number of aliphatic hydroxyl groups is 3. The quantitative estimate of drug-likeness (QED) is 0.114. The number of fused-ring (bicyclic) bond motifs is 1. The third kappa shape index (κ3) is 11.9. The van der Waals surface area contributed by atoms with E-state index in [9.17, 15) is 24.9 Å². The maximum atomic E-state index is 14.5. The summed E-state index contributed by atoms with van der Waals surface area (Å²) in [6.45, 7) is 18.4. The number of aliphatic hydroxyl groups excluding tert-OH is 1. The molecule has 5 unspecified atom stereocenters. The molecule has 16 nitrogen and oxygen atoms in total. The molecule has 0 bridgehead atoms. The van der Waals surface area contributed by atoms with Crippen LogP contribution in [-0.2, 0) is 47.7 Å². The molecule has 0 aliphatic carbocycles. The van der Waals surface area contributed by atoms with Crippen LogP contribution in [0.4, 0.5) is 0 Å². The van der Waals surface area contributed by atoms with E-state index in [4.69, 9.17) is 42.9 Å². The predicted molar refractivity (Wildman–Crippen MR) is 227 cm³/mol. The number of nitrogens with zero attached hydrogens (tertiary/aromatic N) is 1. The molecule has 4 saturated heterocycles. The number of rotatable bonds is 10. The average Bonchev–Trinajstić information content (AvgIpc) is 4.01. The first kappa shape index (κ1) is 50.7. The molecule has 0 amide bonds. The number of methoxy groups -OCH3 is 1. The number of benzene rings is 1. The molecule has 20 atom stereocenters. The summed E-state index contributed by atoms with van der Waals surface area (Å²) >= 11 is 0. The van der Waals surface area contributed by atoms with Gasteiger partial charge in [0.25, 0.3) is 0 Å². The number of epoxide rings is 1. The van der Waals surface area contributed by atoms with Crippen molar-refractivity contribution in [1.82, 2.24) is 10.2 Å². The Kier molecular flexibility index (Phi) is 17.4. The Bertz CT molecular complexity index is 1580. The van der Waals surface area contributed by atoms with Crippen molar-refractivity contribution >= 4 is 11.9 Å². The second kappa shape index (κ2) is 21.3. The summed E-state index contributed by atoms with van der Waals surface area (Å²) in [7, 11) is 5.44. The topological polar surface area (TPSA) is 196 Å². The molecule has 5 rings (SSSR count). The van der Waals surface area contributed by atoms with Crippen molar-refractivity contribution in [3.05, 3.63) is 35.9 Å². The fourth-order valence-electron chi connectivity index (χ4n) is 9.94. The predicted octanol–water partition coefficient (Wildman–Crippen LogP) is 4.01. The first-order valence-electron chi connectivity index (χ1n) is 22.6. The van der Waals surface area contributed by atoms with Crippen LogP contribution < -0.4 is 5.32 Å². The first-order valence-corrected chi connectivity index (χ1v) is 22.6. The molecule has 1 aromatic carbocycles. The minimum Gasteiger partial charge on any atom is -0.459 e. The molecule has 0 aromatic heterocycles. The van der Waals surface area contributed by atoms with Gasteiger partial charge < -0.3 is 58.7 Å². The van der Waals surface area contributed by atoms with Crippen LogP contribution in [0.5, 0.6) is 0 Å². The normalized spacial score (nSPS) is 45.1. The fourth-order valence-corrected chi connectivity index (χ4v) is 9.94. The summed E-state index contributed by atoms with van der Waals surface area (Å²) < 4.78 is 45.1. The van der Waals surface area contributed by atoms with Crippen molar-refractivity contribution < 1.29 is 67.8 Å². The highest BCUT2D eigenvalue weighted by molar-refractivity contribution is 5.88. The van der Waals surface area contributed by atoms with Crippen molar-refractivity contribution in [3.8, 4) is 0 Å². The van der Waals surface area contributed by atoms with E-state index < -0.39 is 84.1 Å². The van der Waals surface area contributed by atoms with E-state index in [1.165, 1.54) is 6.92 Å². The first-order chi connectivity index (χ1) is 29.1. The summed E-state index contributed by atoms with van der Waals surface area (Å²) in [5.74, 6) is -3.43. The molecule has 16 heteroatoms. The molecule has 354 valence electrons.